The van der Waals surface area contributed by atoms with Crippen LogP contribution < -0.4 is 0 Å². The van der Waals surface area contributed by atoms with Crippen LogP contribution in [0.25, 0.3) is 0 Å². The molecule has 1 aliphatic carbocycles. The number of nitrogens with zero attached hydrogens (tertiary/aromatic N) is 1. The van der Waals surface area contributed by atoms with Gasteiger partial charge in [0, 0.05) is 0 Å². The van der Waals surface area contributed by atoms with Gasteiger partial charge in [0.2, 0.25) is 0 Å². The lowest BCUT2D eigenvalue weighted by Crippen LogP contribution is -2.70. The lowest BCUT2D eigenvalue weighted by atomic mass is 9.94. The Morgan fingerprint density at radius 1 is 1.23 bits per heavy atom. The van der Waals surface area contributed by atoms with E-state index < -0.39 is 20.5 Å². The highest BCUT2D eigenvalue weighted by Gasteiger charge is 2.59. The molecule has 0 aromatic rings. The molecular weight excluding hydrogens is 298 g/mol. The zero-order chi connectivity index (χ0) is 16.5. The van der Waals surface area contributed by atoms with Crippen LogP contribution in [-0.2, 0) is 14.0 Å². The molecule has 1 aliphatic heterocycles. The lowest BCUT2D eigenvalue weighted by molar-refractivity contribution is -0.162. The Morgan fingerprint density at radius 2 is 1.77 bits per heavy atom. The molecule has 2 rings (SSSR count). The van der Waals surface area contributed by atoms with Gasteiger partial charge >= 0.3 is 6.09 Å². The maximum absolute atomic E-state index is 12.5. The number of hydrogen-bond acceptors (Lipinski definition) is 4. The number of rotatable bonds is 7. The van der Waals surface area contributed by atoms with Crippen LogP contribution in [-0.4, -0.2) is 43.5 Å². The van der Waals surface area contributed by atoms with Crippen molar-refractivity contribution in [3.63, 3.8) is 0 Å². The number of amides is 2. The van der Waals surface area contributed by atoms with Crippen molar-refractivity contribution in [3.8, 4) is 0 Å². The van der Waals surface area contributed by atoms with Gasteiger partial charge in [0.15, 0.2) is 8.32 Å². The van der Waals surface area contributed by atoms with Gasteiger partial charge in [-0.3, -0.25) is 4.79 Å². The van der Waals surface area contributed by atoms with Gasteiger partial charge in [0.05, 0.1) is 12.1 Å². The monoisotopic (exact) mass is 327 g/mol. The Bertz CT molecular complexity index is 424. The molecular formula is C16H29NO4Si. The second kappa shape index (κ2) is 6.70. The second-order valence-corrected chi connectivity index (χ2v) is 11.5. The van der Waals surface area contributed by atoms with Gasteiger partial charge < -0.3 is 9.16 Å². The van der Waals surface area contributed by atoms with E-state index in [9.17, 15) is 9.59 Å². The Labute approximate surface area is 134 Å². The summed E-state index contributed by atoms with van der Waals surface area (Å²) >= 11 is 0. The predicted octanol–water partition coefficient (Wildman–Crippen LogP) is 3.54. The molecule has 0 aromatic heterocycles. The molecule has 126 valence electrons. The van der Waals surface area contributed by atoms with E-state index in [2.05, 4.69) is 20.8 Å². The van der Waals surface area contributed by atoms with Gasteiger partial charge in [-0.15, -0.1) is 0 Å². The zero-order valence-electron chi connectivity index (χ0n) is 14.4. The third-order valence-electron chi connectivity index (χ3n) is 5.04. The molecule has 22 heavy (non-hydrogen) atoms. The molecule has 0 spiro atoms. The van der Waals surface area contributed by atoms with Crippen molar-refractivity contribution in [1.29, 1.82) is 0 Å². The molecule has 0 aromatic carbocycles. The molecule has 0 bridgehead atoms. The first-order valence-electron chi connectivity index (χ1n) is 8.60. The minimum absolute atomic E-state index is 0.102. The van der Waals surface area contributed by atoms with Crippen LogP contribution in [0.4, 0.5) is 4.79 Å². The number of likely N-dealkylation sites (tertiary alicyclic amines) is 1. The van der Waals surface area contributed by atoms with Gasteiger partial charge in [0.1, 0.15) is 6.10 Å². The molecule has 2 amide bonds. The Hall–Kier alpha value is -0.883. The lowest BCUT2D eigenvalue weighted by Gasteiger charge is -2.48. The molecule has 2 atom stereocenters. The minimum Gasteiger partial charge on any atom is -0.446 e. The van der Waals surface area contributed by atoms with Gasteiger partial charge in [-0.1, -0.05) is 20.8 Å². The maximum atomic E-state index is 12.5. The summed E-state index contributed by atoms with van der Waals surface area (Å²) in [5.41, 5.74) is 0. The fourth-order valence-corrected chi connectivity index (χ4v) is 6.02. The highest BCUT2D eigenvalue weighted by Crippen LogP contribution is 2.44. The highest BCUT2D eigenvalue weighted by molar-refractivity contribution is 6.73. The van der Waals surface area contributed by atoms with Crippen LogP contribution in [0, 0.1) is 5.92 Å². The zero-order valence-corrected chi connectivity index (χ0v) is 15.4. The first kappa shape index (κ1) is 17.5. The van der Waals surface area contributed by atoms with E-state index in [4.69, 9.17) is 9.16 Å². The highest BCUT2D eigenvalue weighted by atomic mass is 28.4. The molecule has 2 fully saturated rings. The van der Waals surface area contributed by atoms with E-state index in [1.54, 1.807) is 13.8 Å². The Kier molecular flexibility index (Phi) is 5.32. The normalized spacial score (nSPS) is 25.4. The summed E-state index contributed by atoms with van der Waals surface area (Å²) in [7, 11) is -1.85. The van der Waals surface area contributed by atoms with Crippen LogP contribution in [0.5, 0.6) is 0 Å². The van der Waals surface area contributed by atoms with Crippen molar-refractivity contribution >= 4 is 20.3 Å². The molecule has 0 unspecified atom stereocenters. The predicted molar refractivity (Wildman–Crippen MR) is 87.0 cm³/mol. The molecule has 2 aliphatic rings. The third kappa shape index (κ3) is 3.22. The minimum atomic E-state index is -1.85. The van der Waals surface area contributed by atoms with Crippen molar-refractivity contribution in [2.45, 2.75) is 83.8 Å². The molecule has 1 saturated heterocycles. The van der Waals surface area contributed by atoms with Crippen molar-refractivity contribution in [3.05, 3.63) is 0 Å². The molecule has 1 saturated carbocycles. The fraction of sp³-hybridized carbons (Fsp3) is 0.875. The molecule has 0 N–H and O–H groups in total. The van der Waals surface area contributed by atoms with Crippen molar-refractivity contribution in [1.82, 2.24) is 4.90 Å². The van der Waals surface area contributed by atoms with Crippen molar-refractivity contribution in [2.75, 3.05) is 0 Å². The molecule has 1 heterocycles. The second-order valence-electron chi connectivity index (χ2n) is 6.75. The smallest absolute Gasteiger partial charge is 0.417 e. The average Bonchev–Trinajstić information content (AvgIpc) is 3.29. The summed E-state index contributed by atoms with van der Waals surface area (Å²) in [6, 6.07) is 2.93. The Balaban J connectivity index is 2.10. The summed E-state index contributed by atoms with van der Waals surface area (Å²) in [4.78, 5) is 25.9. The van der Waals surface area contributed by atoms with Gasteiger partial charge in [-0.25, -0.2) is 9.69 Å². The van der Waals surface area contributed by atoms with Gasteiger partial charge in [-0.05, 0) is 50.7 Å². The van der Waals surface area contributed by atoms with Crippen LogP contribution in [0.3, 0.4) is 0 Å². The van der Waals surface area contributed by atoms with Crippen molar-refractivity contribution in [2.24, 2.45) is 5.92 Å². The van der Waals surface area contributed by atoms with E-state index in [1.807, 2.05) is 0 Å². The van der Waals surface area contributed by atoms with E-state index >= 15 is 0 Å². The SMILES string of the molecule is CC[Si](CC)(CC)O[C@H]1C(=O)N(C(=O)OC(C)C)[C@H]1C1CC1. The molecule has 5 nitrogen and oxygen atoms in total. The van der Waals surface area contributed by atoms with Crippen LogP contribution >= 0.6 is 0 Å². The van der Waals surface area contributed by atoms with E-state index in [0.717, 1.165) is 31.0 Å². The topological polar surface area (TPSA) is 55.8 Å². The summed E-state index contributed by atoms with van der Waals surface area (Å²) in [6.45, 7) is 10.1. The average molecular weight is 327 g/mol. The van der Waals surface area contributed by atoms with E-state index in [0.29, 0.717) is 5.92 Å². The summed E-state index contributed by atoms with van der Waals surface area (Å²) in [5.74, 6) is 0.203. The van der Waals surface area contributed by atoms with E-state index in [-0.39, 0.29) is 18.1 Å². The molecule has 0 radical (unpaired) electrons. The van der Waals surface area contributed by atoms with Crippen molar-refractivity contribution < 1.29 is 18.8 Å². The summed E-state index contributed by atoms with van der Waals surface area (Å²) in [6.07, 6.45) is 1.01. The first-order valence-corrected chi connectivity index (χ1v) is 11.1. The molecule has 6 heteroatoms. The number of ether oxygens (including phenoxy) is 1. The number of carbonyl (C=O) groups is 2. The van der Waals surface area contributed by atoms with Crippen LogP contribution in [0.1, 0.15) is 47.5 Å². The number of carbonyl (C=O) groups excluding carboxylic acids is 2. The van der Waals surface area contributed by atoms with Gasteiger partial charge in [0.25, 0.3) is 5.91 Å². The number of β-lactam (4-membered cyclic amide) rings is 1. The van der Waals surface area contributed by atoms with E-state index in [1.165, 1.54) is 4.90 Å². The van der Waals surface area contributed by atoms with Crippen LogP contribution in [0.2, 0.25) is 18.1 Å². The Morgan fingerprint density at radius 3 is 2.18 bits per heavy atom. The summed E-state index contributed by atoms with van der Waals surface area (Å²) in [5, 5.41) is 0. The first-order chi connectivity index (χ1) is 10.4. The fourth-order valence-electron chi connectivity index (χ4n) is 3.24. The van der Waals surface area contributed by atoms with Gasteiger partial charge in [-0.2, -0.15) is 0 Å². The third-order valence-corrected chi connectivity index (χ3v) is 9.66. The number of hydrogen-bond donors (Lipinski definition) is 0. The van der Waals surface area contributed by atoms with Crippen LogP contribution in [0.15, 0.2) is 0 Å². The quantitative estimate of drug-likeness (QED) is 0.530. The number of imide groups is 1. The largest absolute Gasteiger partial charge is 0.446 e. The maximum Gasteiger partial charge on any atom is 0.417 e. The standard InChI is InChI=1S/C16H29NO4Si/c1-6-22(7-2,8-3)21-14-13(12-9-10-12)17(15(14)18)16(19)20-11(4)5/h11-14H,6-10H2,1-5H3/t13-,14+/m0/s1. The summed E-state index contributed by atoms with van der Waals surface area (Å²) < 4.78 is 11.6.